The number of hydrogen-bond donors (Lipinski definition) is 0. The monoisotopic (exact) mass is 390 g/mol. The van der Waals surface area contributed by atoms with Crippen LogP contribution in [0.15, 0.2) is 34.5 Å². The van der Waals surface area contributed by atoms with Gasteiger partial charge in [-0.3, -0.25) is 9.69 Å². The Morgan fingerprint density at radius 2 is 2.11 bits per heavy atom. The fourth-order valence-corrected chi connectivity index (χ4v) is 4.15. The van der Waals surface area contributed by atoms with Crippen LogP contribution in [-0.4, -0.2) is 48.0 Å². The van der Waals surface area contributed by atoms with Crippen molar-refractivity contribution < 1.29 is 23.8 Å². The number of amides is 1. The summed E-state index contributed by atoms with van der Waals surface area (Å²) < 4.78 is 16.5. The molecule has 0 aromatic heterocycles. The number of carbonyl (C=O) groups excluding carboxylic acids is 2. The molecule has 1 atom stereocenters. The van der Waals surface area contributed by atoms with E-state index in [1.165, 1.54) is 11.8 Å². The number of fused-ring (bicyclic) bond motifs is 1. The Morgan fingerprint density at radius 3 is 2.78 bits per heavy atom. The van der Waals surface area contributed by atoms with E-state index in [0.29, 0.717) is 40.1 Å². The number of ether oxygens (including phenoxy) is 3. The smallest absolute Gasteiger partial charge is 0.338 e. The Hall–Kier alpha value is -2.48. The number of hydrogen-bond acceptors (Lipinski definition) is 7. The SMILES string of the molecule is CCOC(=O)C1=C(C)N=C2SCC(=O)N2[C@@H]1c1cccc(OC)c1OCC. The maximum atomic E-state index is 12.7. The molecule has 144 valence electrons. The molecule has 0 spiro atoms. The van der Waals surface area contributed by atoms with Crippen LogP contribution in [0.3, 0.4) is 0 Å². The molecule has 1 amide bonds. The second kappa shape index (κ2) is 8.04. The molecule has 0 radical (unpaired) electrons. The third kappa shape index (κ3) is 3.41. The third-order valence-corrected chi connectivity index (χ3v) is 5.23. The van der Waals surface area contributed by atoms with Gasteiger partial charge in [-0.1, -0.05) is 23.9 Å². The van der Waals surface area contributed by atoms with Crippen molar-refractivity contribution in [2.75, 3.05) is 26.1 Å². The molecule has 1 aromatic carbocycles. The van der Waals surface area contributed by atoms with Gasteiger partial charge in [-0.2, -0.15) is 0 Å². The molecular weight excluding hydrogens is 368 g/mol. The highest BCUT2D eigenvalue weighted by molar-refractivity contribution is 8.15. The minimum atomic E-state index is -0.671. The van der Waals surface area contributed by atoms with Gasteiger partial charge in [0, 0.05) is 5.56 Å². The fraction of sp³-hybridized carbons (Fsp3) is 0.421. The van der Waals surface area contributed by atoms with Gasteiger partial charge in [0.2, 0.25) is 5.91 Å². The molecule has 0 aliphatic carbocycles. The van der Waals surface area contributed by atoms with Crippen molar-refractivity contribution in [1.82, 2.24) is 4.90 Å². The van der Waals surface area contributed by atoms with Crippen LogP contribution in [0, 0.1) is 0 Å². The summed E-state index contributed by atoms with van der Waals surface area (Å²) in [4.78, 5) is 31.4. The molecule has 0 unspecified atom stereocenters. The van der Waals surface area contributed by atoms with Crippen LogP contribution in [0.25, 0.3) is 0 Å². The summed E-state index contributed by atoms with van der Waals surface area (Å²) in [6.07, 6.45) is 0. The highest BCUT2D eigenvalue weighted by atomic mass is 32.2. The van der Waals surface area contributed by atoms with Gasteiger partial charge >= 0.3 is 5.97 Å². The number of rotatable bonds is 6. The van der Waals surface area contributed by atoms with E-state index in [1.54, 1.807) is 31.9 Å². The van der Waals surface area contributed by atoms with Gasteiger partial charge < -0.3 is 14.2 Å². The highest BCUT2D eigenvalue weighted by Crippen LogP contribution is 2.46. The summed E-state index contributed by atoms with van der Waals surface area (Å²) in [5, 5.41) is 0.584. The van der Waals surface area contributed by atoms with Gasteiger partial charge in [-0.25, -0.2) is 9.79 Å². The van der Waals surface area contributed by atoms with E-state index in [1.807, 2.05) is 19.1 Å². The Balaban J connectivity index is 2.22. The zero-order valence-electron chi connectivity index (χ0n) is 15.8. The molecule has 1 saturated heterocycles. The van der Waals surface area contributed by atoms with E-state index in [4.69, 9.17) is 14.2 Å². The maximum Gasteiger partial charge on any atom is 0.338 e. The lowest BCUT2D eigenvalue weighted by Gasteiger charge is -2.33. The summed E-state index contributed by atoms with van der Waals surface area (Å²) in [5.41, 5.74) is 1.55. The Morgan fingerprint density at radius 1 is 1.33 bits per heavy atom. The number of benzene rings is 1. The third-order valence-electron chi connectivity index (χ3n) is 4.29. The van der Waals surface area contributed by atoms with Gasteiger partial charge in [0.25, 0.3) is 0 Å². The summed E-state index contributed by atoms with van der Waals surface area (Å²) in [6.45, 7) is 6.02. The number of aliphatic imine (C=N–C) groups is 1. The standard InChI is InChI=1S/C19H22N2O5S/c1-5-25-17-12(8-7-9-13(17)24-4)16-15(18(23)26-6-2)11(3)20-19-21(16)14(22)10-27-19/h7-9,16H,5-6,10H2,1-4H3/t16-/m1/s1. The van der Waals surface area contributed by atoms with Gasteiger partial charge in [-0.15, -0.1) is 0 Å². The van der Waals surface area contributed by atoms with Crippen molar-refractivity contribution in [2.24, 2.45) is 4.99 Å². The molecule has 2 aliphatic heterocycles. The van der Waals surface area contributed by atoms with Crippen molar-refractivity contribution in [3.05, 3.63) is 35.0 Å². The molecule has 0 N–H and O–H groups in total. The summed E-state index contributed by atoms with van der Waals surface area (Å²) in [6, 6.07) is 4.77. The molecule has 8 heteroatoms. The number of para-hydroxylation sites is 1. The van der Waals surface area contributed by atoms with Gasteiger partial charge in [0.1, 0.15) is 6.04 Å². The lowest BCUT2D eigenvalue weighted by molar-refractivity contribution is -0.139. The van der Waals surface area contributed by atoms with E-state index in [2.05, 4.69) is 4.99 Å². The molecule has 2 heterocycles. The average Bonchev–Trinajstić information content (AvgIpc) is 3.01. The van der Waals surface area contributed by atoms with Crippen LogP contribution in [0.1, 0.15) is 32.4 Å². The van der Waals surface area contributed by atoms with Gasteiger partial charge in [0.05, 0.1) is 37.3 Å². The van der Waals surface area contributed by atoms with E-state index in [-0.39, 0.29) is 18.3 Å². The molecule has 0 bridgehead atoms. The topological polar surface area (TPSA) is 77.4 Å². The zero-order chi connectivity index (χ0) is 19.6. The molecule has 0 saturated carbocycles. The average molecular weight is 390 g/mol. The second-order valence-corrected chi connectivity index (χ2v) is 6.82. The first kappa shape index (κ1) is 19.3. The Kier molecular flexibility index (Phi) is 5.74. The van der Waals surface area contributed by atoms with Crippen LogP contribution in [0.5, 0.6) is 11.5 Å². The van der Waals surface area contributed by atoms with Crippen molar-refractivity contribution in [1.29, 1.82) is 0 Å². The number of esters is 1. The van der Waals surface area contributed by atoms with Crippen LogP contribution < -0.4 is 9.47 Å². The van der Waals surface area contributed by atoms with Gasteiger partial charge in [-0.05, 0) is 26.8 Å². The number of amidine groups is 1. The number of thioether (sulfide) groups is 1. The van der Waals surface area contributed by atoms with E-state index < -0.39 is 12.0 Å². The Bertz CT molecular complexity index is 833. The summed E-state index contributed by atoms with van der Waals surface area (Å²) in [7, 11) is 1.56. The van der Waals surface area contributed by atoms with Gasteiger partial charge in [0.15, 0.2) is 16.7 Å². The molecule has 27 heavy (non-hydrogen) atoms. The first-order chi connectivity index (χ1) is 13.0. The van der Waals surface area contributed by atoms with Crippen molar-refractivity contribution in [2.45, 2.75) is 26.8 Å². The maximum absolute atomic E-state index is 12.7. The molecule has 7 nitrogen and oxygen atoms in total. The minimum absolute atomic E-state index is 0.108. The van der Waals surface area contributed by atoms with Crippen LogP contribution in [0.4, 0.5) is 0 Å². The molecule has 1 aromatic rings. The lowest BCUT2D eigenvalue weighted by atomic mass is 9.93. The molecule has 3 rings (SSSR count). The summed E-state index contributed by atoms with van der Waals surface area (Å²) >= 11 is 1.36. The molecule has 2 aliphatic rings. The van der Waals surface area contributed by atoms with Crippen molar-refractivity contribution in [3.8, 4) is 11.5 Å². The van der Waals surface area contributed by atoms with Crippen LogP contribution in [0.2, 0.25) is 0 Å². The lowest BCUT2D eigenvalue weighted by Crippen LogP contribution is -2.39. The normalized spacial score (nSPS) is 19.0. The van der Waals surface area contributed by atoms with Crippen molar-refractivity contribution >= 4 is 28.8 Å². The minimum Gasteiger partial charge on any atom is -0.493 e. The first-order valence-corrected chi connectivity index (χ1v) is 9.73. The summed E-state index contributed by atoms with van der Waals surface area (Å²) in [5.74, 6) is 0.736. The zero-order valence-corrected chi connectivity index (χ0v) is 16.6. The molecular formula is C19H22N2O5S. The number of nitrogens with zero attached hydrogens (tertiary/aromatic N) is 2. The first-order valence-electron chi connectivity index (χ1n) is 8.74. The van der Waals surface area contributed by atoms with Crippen LogP contribution >= 0.6 is 11.8 Å². The quantitative estimate of drug-likeness (QED) is 0.695. The van der Waals surface area contributed by atoms with Crippen LogP contribution in [-0.2, 0) is 14.3 Å². The van der Waals surface area contributed by atoms with E-state index >= 15 is 0 Å². The van der Waals surface area contributed by atoms with Crippen molar-refractivity contribution in [3.63, 3.8) is 0 Å². The predicted molar refractivity (Wildman–Crippen MR) is 103 cm³/mol. The predicted octanol–water partition coefficient (Wildman–Crippen LogP) is 2.92. The second-order valence-electron chi connectivity index (χ2n) is 5.88. The Labute approximate surface area is 162 Å². The highest BCUT2D eigenvalue weighted by Gasteiger charge is 2.44. The largest absolute Gasteiger partial charge is 0.493 e. The number of allylic oxidation sites excluding steroid dienone is 1. The number of carbonyl (C=O) groups is 2. The number of methoxy groups -OCH3 is 1. The van der Waals surface area contributed by atoms with E-state index in [9.17, 15) is 9.59 Å². The fourth-order valence-electron chi connectivity index (χ4n) is 3.21. The van der Waals surface area contributed by atoms with E-state index in [0.717, 1.165) is 0 Å². The molecule has 1 fully saturated rings.